The van der Waals surface area contributed by atoms with Gasteiger partial charge in [0.15, 0.2) is 5.82 Å². The molecule has 2 atom stereocenters. The van der Waals surface area contributed by atoms with Gasteiger partial charge in [-0.05, 0) is 6.42 Å². The fourth-order valence-corrected chi connectivity index (χ4v) is 1.50. The molecular formula is C8H13N3O2. The summed E-state index contributed by atoms with van der Waals surface area (Å²) >= 11 is 0. The Bertz CT molecular complexity index is 281. The lowest BCUT2D eigenvalue weighted by Gasteiger charge is -2.12. The molecule has 0 aromatic carbocycles. The summed E-state index contributed by atoms with van der Waals surface area (Å²) in [7, 11) is 0. The summed E-state index contributed by atoms with van der Waals surface area (Å²) in [5, 5.41) is 3.79. The van der Waals surface area contributed by atoms with Crippen LogP contribution in [0.1, 0.15) is 24.2 Å². The lowest BCUT2D eigenvalue weighted by atomic mass is 10.00. The maximum atomic E-state index is 5.95. The maximum Gasteiger partial charge on any atom is 0.223 e. The van der Waals surface area contributed by atoms with Gasteiger partial charge in [0, 0.05) is 19.4 Å². The highest BCUT2D eigenvalue weighted by molar-refractivity contribution is 4.95. The Morgan fingerprint density at radius 2 is 2.46 bits per heavy atom. The first kappa shape index (κ1) is 8.65. The third-order valence-electron chi connectivity index (χ3n) is 2.31. The zero-order valence-electron chi connectivity index (χ0n) is 7.56. The van der Waals surface area contributed by atoms with Gasteiger partial charge >= 0.3 is 0 Å². The fraction of sp³-hybridized carbons (Fsp3) is 0.750. The average Bonchev–Trinajstić information content (AvgIpc) is 2.72. The molecule has 13 heavy (non-hydrogen) atoms. The maximum absolute atomic E-state index is 5.95. The van der Waals surface area contributed by atoms with E-state index in [0.717, 1.165) is 13.0 Å². The Morgan fingerprint density at radius 3 is 3.00 bits per heavy atom. The van der Waals surface area contributed by atoms with Crippen molar-refractivity contribution in [3.05, 3.63) is 11.7 Å². The highest BCUT2D eigenvalue weighted by Crippen LogP contribution is 2.24. The number of hydrogen-bond acceptors (Lipinski definition) is 5. The molecule has 1 saturated heterocycles. The van der Waals surface area contributed by atoms with E-state index >= 15 is 0 Å². The van der Waals surface area contributed by atoms with Gasteiger partial charge in [-0.1, -0.05) is 5.16 Å². The molecule has 0 radical (unpaired) electrons. The summed E-state index contributed by atoms with van der Waals surface area (Å²) in [6, 6.07) is -0.153. The van der Waals surface area contributed by atoms with Gasteiger partial charge in [-0.2, -0.15) is 4.98 Å². The van der Waals surface area contributed by atoms with Crippen LogP contribution in [0.3, 0.4) is 0 Å². The molecule has 2 rings (SSSR count). The predicted octanol–water partition coefficient (Wildman–Crippen LogP) is 0.414. The van der Waals surface area contributed by atoms with Crippen molar-refractivity contribution in [1.29, 1.82) is 0 Å². The van der Waals surface area contributed by atoms with Crippen LogP contribution in [-0.4, -0.2) is 23.4 Å². The van der Waals surface area contributed by atoms with Gasteiger partial charge in [0.2, 0.25) is 5.89 Å². The second kappa shape index (κ2) is 3.43. The predicted molar refractivity (Wildman–Crippen MR) is 44.9 cm³/mol. The molecule has 5 heteroatoms. The van der Waals surface area contributed by atoms with Gasteiger partial charge < -0.3 is 15.0 Å². The van der Waals surface area contributed by atoms with Crippen molar-refractivity contribution in [2.45, 2.75) is 19.4 Å². The third-order valence-corrected chi connectivity index (χ3v) is 2.31. The third kappa shape index (κ3) is 1.71. The van der Waals surface area contributed by atoms with Crippen LogP contribution in [0.4, 0.5) is 0 Å². The summed E-state index contributed by atoms with van der Waals surface area (Å²) in [6.07, 6.45) is 0.981. The number of nitrogens with zero attached hydrogens (tertiary/aromatic N) is 2. The number of ether oxygens (including phenoxy) is 1. The largest absolute Gasteiger partial charge is 0.381 e. The van der Waals surface area contributed by atoms with E-state index in [9.17, 15) is 0 Å². The fourth-order valence-electron chi connectivity index (χ4n) is 1.50. The minimum absolute atomic E-state index is 0.153. The molecule has 2 heterocycles. The molecule has 1 aliphatic heterocycles. The molecule has 72 valence electrons. The number of aryl methyl sites for hydroxylation is 1. The van der Waals surface area contributed by atoms with E-state index in [1.54, 1.807) is 6.92 Å². The zero-order chi connectivity index (χ0) is 9.26. The van der Waals surface area contributed by atoms with Crippen LogP contribution in [0.25, 0.3) is 0 Å². The lowest BCUT2D eigenvalue weighted by Crippen LogP contribution is -2.22. The van der Waals surface area contributed by atoms with Crippen LogP contribution < -0.4 is 5.73 Å². The average molecular weight is 183 g/mol. The number of hydrogen-bond donors (Lipinski definition) is 1. The molecule has 1 aromatic heterocycles. The summed E-state index contributed by atoms with van der Waals surface area (Å²) in [4.78, 5) is 4.10. The van der Waals surface area contributed by atoms with E-state index in [4.69, 9.17) is 15.0 Å². The van der Waals surface area contributed by atoms with Gasteiger partial charge in [-0.15, -0.1) is 0 Å². The number of aromatic nitrogens is 2. The first-order chi connectivity index (χ1) is 6.27. The normalized spacial score (nSPS) is 24.9. The molecule has 0 aliphatic carbocycles. The monoisotopic (exact) mass is 183 g/mol. The smallest absolute Gasteiger partial charge is 0.223 e. The summed E-state index contributed by atoms with van der Waals surface area (Å²) in [6.45, 7) is 3.25. The first-order valence-corrected chi connectivity index (χ1v) is 4.41. The Labute approximate surface area is 76.3 Å². The van der Waals surface area contributed by atoms with Crippen LogP contribution in [0.2, 0.25) is 0 Å². The van der Waals surface area contributed by atoms with Crippen molar-refractivity contribution in [3.63, 3.8) is 0 Å². The Kier molecular flexibility index (Phi) is 2.28. The molecule has 1 aliphatic rings. The lowest BCUT2D eigenvalue weighted by molar-refractivity contribution is 0.180. The highest BCUT2D eigenvalue weighted by atomic mass is 16.5. The first-order valence-electron chi connectivity index (χ1n) is 4.41. The van der Waals surface area contributed by atoms with E-state index in [-0.39, 0.29) is 6.04 Å². The quantitative estimate of drug-likeness (QED) is 0.719. The van der Waals surface area contributed by atoms with Crippen molar-refractivity contribution < 1.29 is 9.26 Å². The summed E-state index contributed by atoms with van der Waals surface area (Å²) < 4.78 is 10.1. The van der Waals surface area contributed by atoms with Crippen LogP contribution in [0.5, 0.6) is 0 Å². The van der Waals surface area contributed by atoms with Gasteiger partial charge in [-0.25, -0.2) is 0 Å². The van der Waals surface area contributed by atoms with Crippen LogP contribution in [0, 0.1) is 12.8 Å². The molecule has 0 amide bonds. The van der Waals surface area contributed by atoms with Gasteiger partial charge in [0.1, 0.15) is 0 Å². The second-order valence-electron chi connectivity index (χ2n) is 3.32. The number of rotatable bonds is 2. The number of nitrogens with two attached hydrogens (primary N) is 1. The standard InChI is InChI=1S/C8H13N3O2/c1-5-10-8(11-13-5)7(9)6-2-3-12-4-6/h6-7H,2-4,9H2,1H3. The van der Waals surface area contributed by atoms with E-state index in [0.29, 0.717) is 24.2 Å². The minimum Gasteiger partial charge on any atom is -0.381 e. The summed E-state index contributed by atoms with van der Waals surface area (Å²) in [5.74, 6) is 1.48. The molecule has 0 saturated carbocycles. The Balaban J connectivity index is 2.07. The van der Waals surface area contributed by atoms with E-state index in [2.05, 4.69) is 10.1 Å². The minimum atomic E-state index is -0.153. The van der Waals surface area contributed by atoms with Gasteiger partial charge in [-0.3, -0.25) is 0 Å². The Morgan fingerprint density at radius 1 is 1.62 bits per heavy atom. The van der Waals surface area contributed by atoms with Crippen LogP contribution in [-0.2, 0) is 4.74 Å². The highest BCUT2D eigenvalue weighted by Gasteiger charge is 2.27. The summed E-state index contributed by atoms with van der Waals surface area (Å²) in [5.41, 5.74) is 5.95. The molecule has 1 aromatic rings. The van der Waals surface area contributed by atoms with Crippen molar-refractivity contribution in [3.8, 4) is 0 Å². The van der Waals surface area contributed by atoms with Gasteiger partial charge in [0.05, 0.1) is 12.6 Å². The van der Waals surface area contributed by atoms with Crippen molar-refractivity contribution in [1.82, 2.24) is 10.1 Å². The van der Waals surface area contributed by atoms with Crippen molar-refractivity contribution in [2.75, 3.05) is 13.2 Å². The zero-order valence-corrected chi connectivity index (χ0v) is 7.56. The molecule has 2 N–H and O–H groups in total. The van der Waals surface area contributed by atoms with Crippen LogP contribution >= 0.6 is 0 Å². The molecule has 1 fully saturated rings. The van der Waals surface area contributed by atoms with Crippen LogP contribution in [0.15, 0.2) is 4.52 Å². The van der Waals surface area contributed by atoms with Crippen molar-refractivity contribution in [2.24, 2.45) is 11.7 Å². The van der Waals surface area contributed by atoms with E-state index < -0.39 is 0 Å². The molecule has 5 nitrogen and oxygen atoms in total. The topological polar surface area (TPSA) is 74.2 Å². The van der Waals surface area contributed by atoms with Crippen molar-refractivity contribution >= 4 is 0 Å². The Hall–Kier alpha value is -0.940. The second-order valence-corrected chi connectivity index (χ2v) is 3.32. The molecule has 0 spiro atoms. The molecular weight excluding hydrogens is 170 g/mol. The molecule has 2 unspecified atom stereocenters. The molecule has 0 bridgehead atoms. The SMILES string of the molecule is Cc1nc(C(N)C2CCOC2)no1. The van der Waals surface area contributed by atoms with Gasteiger partial charge in [0.25, 0.3) is 0 Å². The van der Waals surface area contributed by atoms with E-state index in [1.807, 2.05) is 0 Å². The van der Waals surface area contributed by atoms with E-state index in [1.165, 1.54) is 0 Å².